The number of carbonyl (C=O) groups is 5. The van der Waals surface area contributed by atoms with Crippen molar-refractivity contribution in [2.45, 2.75) is 97.2 Å². The van der Waals surface area contributed by atoms with Crippen LogP contribution in [0.4, 0.5) is 0 Å². The molecule has 2 unspecified atom stereocenters. The molecule has 0 spiro atoms. The molecule has 0 aromatic carbocycles. The van der Waals surface area contributed by atoms with E-state index in [-0.39, 0.29) is 0 Å². The number of hydrogen-bond acceptors (Lipinski definition) is 13. The minimum Gasteiger partial charge on any atom is -0.454 e. The standard InChI is InChI=1S/C17H30O5.C5H8O4.2C4H10O2/c1-3-4-5-6-7-8-9-10-11-12-16(19)21-14-17(20)22-15(2)13-18;1-4(2-6)9-5(8)3-7;2*1-5-3-4-6-2/h13,15H,3-12,14H2,1-2H3;2,4,7H,3H2,1H3;2*3-4H2,1-2H3. The van der Waals surface area contributed by atoms with Gasteiger partial charge in [-0.15, -0.1) is 0 Å². The Hall–Kier alpha value is -2.45. The third-order valence-corrected chi connectivity index (χ3v) is 4.97. The number of methoxy groups -OCH3 is 4. The van der Waals surface area contributed by atoms with Crippen LogP contribution in [0, 0.1) is 0 Å². The summed E-state index contributed by atoms with van der Waals surface area (Å²) >= 11 is 0. The van der Waals surface area contributed by atoms with E-state index in [9.17, 15) is 24.0 Å². The number of aliphatic hydroxyl groups is 1. The molecule has 0 amide bonds. The number of aldehydes is 2. The zero-order valence-electron chi connectivity index (χ0n) is 27.5. The lowest BCUT2D eigenvalue weighted by Crippen LogP contribution is -2.21. The summed E-state index contributed by atoms with van der Waals surface area (Å²) < 4.78 is 32.4. The second-order valence-corrected chi connectivity index (χ2v) is 9.03. The van der Waals surface area contributed by atoms with E-state index in [2.05, 4.69) is 35.3 Å². The van der Waals surface area contributed by atoms with Gasteiger partial charge in [-0.05, 0) is 20.3 Å². The van der Waals surface area contributed by atoms with Crippen LogP contribution in [0.25, 0.3) is 0 Å². The first-order valence-electron chi connectivity index (χ1n) is 14.6. The number of rotatable bonds is 23. The van der Waals surface area contributed by atoms with Gasteiger partial charge in [0.25, 0.3) is 0 Å². The molecule has 0 bridgehead atoms. The Bertz CT molecular complexity index is 613. The van der Waals surface area contributed by atoms with Crippen molar-refractivity contribution in [1.29, 1.82) is 0 Å². The van der Waals surface area contributed by atoms with Crippen molar-refractivity contribution in [2.24, 2.45) is 0 Å². The van der Waals surface area contributed by atoms with Crippen LogP contribution in [0.1, 0.15) is 85.0 Å². The van der Waals surface area contributed by atoms with Gasteiger partial charge in [0.1, 0.15) is 6.61 Å². The molecule has 13 nitrogen and oxygen atoms in total. The second-order valence-electron chi connectivity index (χ2n) is 9.03. The van der Waals surface area contributed by atoms with E-state index in [1.165, 1.54) is 52.4 Å². The molecular formula is C30H58O13. The average Bonchev–Trinajstić information content (AvgIpc) is 3.01. The van der Waals surface area contributed by atoms with Gasteiger partial charge in [0.05, 0.1) is 26.4 Å². The summed E-state index contributed by atoms with van der Waals surface area (Å²) in [7, 11) is 6.61. The number of ether oxygens (including phenoxy) is 7. The number of esters is 3. The second kappa shape index (κ2) is 41.7. The zero-order valence-corrected chi connectivity index (χ0v) is 27.5. The van der Waals surface area contributed by atoms with Gasteiger partial charge >= 0.3 is 17.9 Å². The first kappa shape index (κ1) is 47.5. The topological polar surface area (TPSA) is 170 Å². The minimum absolute atomic E-state index is 0.326. The van der Waals surface area contributed by atoms with Gasteiger partial charge < -0.3 is 38.3 Å². The minimum atomic E-state index is -0.802. The molecular weight excluding hydrogens is 568 g/mol. The summed E-state index contributed by atoms with van der Waals surface area (Å²) in [6, 6.07) is 0. The van der Waals surface area contributed by atoms with Crippen LogP contribution in [0.5, 0.6) is 0 Å². The van der Waals surface area contributed by atoms with Crippen molar-refractivity contribution in [1.82, 2.24) is 0 Å². The van der Waals surface area contributed by atoms with E-state index in [4.69, 9.17) is 9.84 Å². The Labute approximate surface area is 258 Å². The van der Waals surface area contributed by atoms with Gasteiger partial charge in [-0.2, -0.15) is 0 Å². The SMILES string of the molecule is CC(C=O)OC(=O)CO.CCCCCCCCCCCC(=O)OCC(=O)OC(C)C=O.COCCOC.COCCOC. The van der Waals surface area contributed by atoms with Gasteiger partial charge in [-0.3, -0.25) is 14.4 Å². The maximum Gasteiger partial charge on any atom is 0.344 e. The van der Waals surface area contributed by atoms with Crippen molar-refractivity contribution < 1.29 is 62.2 Å². The molecule has 1 N–H and O–H groups in total. The summed E-state index contributed by atoms with van der Waals surface area (Å²) in [5.74, 6) is -1.87. The van der Waals surface area contributed by atoms with Crippen molar-refractivity contribution in [3.8, 4) is 0 Å². The Morgan fingerprint density at radius 2 is 0.977 bits per heavy atom. The largest absolute Gasteiger partial charge is 0.454 e. The first-order valence-corrected chi connectivity index (χ1v) is 14.6. The lowest BCUT2D eigenvalue weighted by atomic mass is 10.1. The number of unbranched alkanes of at least 4 members (excludes halogenated alkanes) is 8. The van der Waals surface area contributed by atoms with Crippen LogP contribution < -0.4 is 0 Å². The molecule has 0 aliphatic carbocycles. The van der Waals surface area contributed by atoms with E-state index in [0.717, 1.165) is 19.3 Å². The van der Waals surface area contributed by atoms with E-state index >= 15 is 0 Å². The maximum absolute atomic E-state index is 11.4. The highest BCUT2D eigenvalue weighted by atomic mass is 16.6. The molecule has 0 aliphatic rings. The monoisotopic (exact) mass is 626 g/mol. The van der Waals surface area contributed by atoms with Crippen LogP contribution in [0.2, 0.25) is 0 Å². The molecule has 0 fully saturated rings. The summed E-state index contributed by atoms with van der Waals surface area (Å²) in [5, 5.41) is 8.09. The number of hydrogen-bond donors (Lipinski definition) is 1. The highest BCUT2D eigenvalue weighted by molar-refractivity contribution is 5.77. The number of aliphatic hydroxyl groups excluding tert-OH is 1. The maximum atomic E-state index is 11.4. The molecule has 0 saturated carbocycles. The molecule has 0 heterocycles. The summed E-state index contributed by atoms with van der Waals surface area (Å²) in [4.78, 5) is 52.8. The fourth-order valence-electron chi connectivity index (χ4n) is 2.67. The third-order valence-electron chi connectivity index (χ3n) is 4.97. The molecule has 0 aliphatic heterocycles. The predicted octanol–water partition coefficient (Wildman–Crippen LogP) is 3.25. The fourth-order valence-corrected chi connectivity index (χ4v) is 2.67. The molecule has 0 aromatic rings. The molecule has 43 heavy (non-hydrogen) atoms. The molecule has 0 radical (unpaired) electrons. The highest BCUT2D eigenvalue weighted by Crippen LogP contribution is 2.10. The average molecular weight is 627 g/mol. The lowest BCUT2D eigenvalue weighted by Gasteiger charge is -2.07. The van der Waals surface area contributed by atoms with E-state index < -0.39 is 43.3 Å². The van der Waals surface area contributed by atoms with Crippen LogP contribution >= 0.6 is 0 Å². The Kier molecular flexibility index (Phi) is 46.0. The van der Waals surface area contributed by atoms with Crippen LogP contribution in [-0.4, -0.2) is 116 Å². The fraction of sp³-hybridized carbons (Fsp3) is 0.833. The molecule has 2 atom stereocenters. The van der Waals surface area contributed by atoms with Crippen LogP contribution in [0.15, 0.2) is 0 Å². The van der Waals surface area contributed by atoms with Crippen molar-refractivity contribution in [3.63, 3.8) is 0 Å². The van der Waals surface area contributed by atoms with Gasteiger partial charge in [-0.1, -0.05) is 58.3 Å². The van der Waals surface area contributed by atoms with Gasteiger partial charge in [0, 0.05) is 34.9 Å². The first-order chi connectivity index (χ1) is 20.6. The molecule has 0 rings (SSSR count). The van der Waals surface area contributed by atoms with Gasteiger partial charge in [0.15, 0.2) is 31.4 Å². The number of carbonyl (C=O) groups excluding carboxylic acids is 5. The lowest BCUT2D eigenvalue weighted by molar-refractivity contribution is -0.162. The third kappa shape index (κ3) is 49.5. The van der Waals surface area contributed by atoms with E-state index in [0.29, 0.717) is 45.4 Å². The van der Waals surface area contributed by atoms with E-state index in [1.807, 2.05) is 0 Å². The van der Waals surface area contributed by atoms with Crippen LogP contribution in [0.3, 0.4) is 0 Å². The molecule has 0 saturated heterocycles. The Morgan fingerprint density at radius 1 is 0.605 bits per heavy atom. The predicted molar refractivity (Wildman–Crippen MR) is 161 cm³/mol. The van der Waals surface area contributed by atoms with Crippen molar-refractivity contribution in [2.75, 3.05) is 68.1 Å². The molecule has 256 valence electrons. The smallest absolute Gasteiger partial charge is 0.344 e. The Morgan fingerprint density at radius 3 is 1.33 bits per heavy atom. The Balaban J connectivity index is -0.000000294. The summed E-state index contributed by atoms with van der Waals surface area (Å²) in [5.41, 5.74) is 0. The highest BCUT2D eigenvalue weighted by Gasteiger charge is 2.11. The molecule has 0 aromatic heterocycles. The summed E-state index contributed by atoms with van der Waals surface area (Å²) in [6.45, 7) is 6.74. The van der Waals surface area contributed by atoms with Gasteiger partial charge in [0.2, 0.25) is 0 Å². The quantitative estimate of drug-likeness (QED) is 0.0759. The van der Waals surface area contributed by atoms with Gasteiger partial charge in [-0.25, -0.2) is 9.59 Å². The van der Waals surface area contributed by atoms with Crippen LogP contribution in [-0.2, 0) is 57.1 Å². The van der Waals surface area contributed by atoms with Crippen molar-refractivity contribution >= 4 is 30.5 Å². The normalized spacial score (nSPS) is 11.1. The zero-order chi connectivity index (χ0) is 33.6. The van der Waals surface area contributed by atoms with Crippen molar-refractivity contribution in [3.05, 3.63) is 0 Å². The summed E-state index contributed by atoms with van der Waals surface area (Å²) in [6.07, 6.45) is 10.4. The van der Waals surface area contributed by atoms with E-state index in [1.54, 1.807) is 28.4 Å². The molecule has 13 heteroatoms.